The van der Waals surface area contributed by atoms with E-state index in [0.29, 0.717) is 11.3 Å². The summed E-state index contributed by atoms with van der Waals surface area (Å²) in [5, 5.41) is 16.0. The molecule has 0 amide bonds. The first-order valence-electron chi connectivity index (χ1n) is 7.55. The van der Waals surface area contributed by atoms with Gasteiger partial charge in [0.1, 0.15) is 16.5 Å². The summed E-state index contributed by atoms with van der Waals surface area (Å²) in [6.07, 6.45) is 0. The minimum absolute atomic E-state index is 0.207. The van der Waals surface area contributed by atoms with Gasteiger partial charge in [-0.05, 0) is 29.0 Å². The first-order valence-corrected chi connectivity index (χ1v) is 7.93. The fourth-order valence-corrected chi connectivity index (χ4v) is 3.00. The minimum Gasteiger partial charge on any atom is -0.480 e. The molecule has 0 bridgehead atoms. The summed E-state index contributed by atoms with van der Waals surface area (Å²) >= 11 is 6.27. The second-order valence-corrected chi connectivity index (χ2v) is 5.91. The van der Waals surface area contributed by atoms with Crippen molar-refractivity contribution < 1.29 is 19.2 Å². The van der Waals surface area contributed by atoms with E-state index in [-0.39, 0.29) is 10.8 Å². The number of carboxylic acids is 1. The number of carboxylic acid groups (broad SMARTS) is 1. The van der Waals surface area contributed by atoms with Crippen molar-refractivity contribution in [2.45, 2.75) is 0 Å². The van der Waals surface area contributed by atoms with Gasteiger partial charge < -0.3 is 14.4 Å². The molecular weight excluding hydrogens is 342 g/mol. The summed E-state index contributed by atoms with van der Waals surface area (Å²) in [7, 11) is 0. The molecule has 0 unspecified atom stereocenters. The molecule has 4 aromatic rings. The SMILES string of the molecule is O=C(O)COc1ccc2c(-c3ccc4ccccc4c3)noc2c1Cl. The molecule has 0 radical (unpaired) electrons. The fraction of sp³-hybridized carbons (Fsp3) is 0.0526. The first-order chi connectivity index (χ1) is 12.1. The van der Waals surface area contributed by atoms with E-state index < -0.39 is 12.6 Å². The molecule has 0 fully saturated rings. The highest BCUT2D eigenvalue weighted by atomic mass is 35.5. The lowest BCUT2D eigenvalue weighted by molar-refractivity contribution is -0.139. The molecule has 1 aromatic heterocycles. The van der Waals surface area contributed by atoms with Crippen molar-refractivity contribution in [3.05, 3.63) is 59.6 Å². The number of carbonyl (C=O) groups is 1. The highest BCUT2D eigenvalue weighted by Gasteiger charge is 2.17. The Balaban J connectivity index is 1.79. The summed E-state index contributed by atoms with van der Waals surface area (Å²) in [5.74, 6) is -0.830. The molecule has 0 saturated heterocycles. The van der Waals surface area contributed by atoms with Gasteiger partial charge in [-0.15, -0.1) is 0 Å². The van der Waals surface area contributed by atoms with Crippen LogP contribution in [0.3, 0.4) is 0 Å². The van der Waals surface area contributed by atoms with Gasteiger partial charge in [-0.2, -0.15) is 0 Å². The lowest BCUT2D eigenvalue weighted by atomic mass is 10.0. The van der Waals surface area contributed by atoms with Crippen molar-refractivity contribution in [1.82, 2.24) is 5.16 Å². The van der Waals surface area contributed by atoms with Crippen molar-refractivity contribution >= 4 is 39.3 Å². The second kappa shape index (κ2) is 6.11. The summed E-state index contributed by atoms with van der Waals surface area (Å²) in [4.78, 5) is 10.6. The van der Waals surface area contributed by atoms with Crippen molar-refractivity contribution in [3.8, 4) is 17.0 Å². The quantitative estimate of drug-likeness (QED) is 0.572. The lowest BCUT2D eigenvalue weighted by Crippen LogP contribution is -2.09. The summed E-state index contributed by atoms with van der Waals surface area (Å²) in [5.41, 5.74) is 1.95. The number of nitrogens with zero attached hydrogens (tertiary/aromatic N) is 1. The number of aromatic nitrogens is 1. The van der Waals surface area contributed by atoms with Gasteiger partial charge in [-0.1, -0.05) is 53.2 Å². The van der Waals surface area contributed by atoms with Gasteiger partial charge >= 0.3 is 5.97 Å². The Morgan fingerprint density at radius 1 is 1.12 bits per heavy atom. The minimum atomic E-state index is -1.08. The van der Waals surface area contributed by atoms with Gasteiger partial charge in [0.2, 0.25) is 0 Å². The van der Waals surface area contributed by atoms with E-state index >= 15 is 0 Å². The zero-order valence-electron chi connectivity index (χ0n) is 12.9. The van der Waals surface area contributed by atoms with E-state index in [0.717, 1.165) is 21.7 Å². The van der Waals surface area contributed by atoms with Crippen LogP contribution in [0.15, 0.2) is 59.1 Å². The Hall–Kier alpha value is -3.05. The molecule has 0 aliphatic carbocycles. The number of benzene rings is 3. The molecule has 3 aromatic carbocycles. The molecule has 0 aliphatic rings. The topological polar surface area (TPSA) is 72.6 Å². The maximum atomic E-state index is 10.6. The Kier molecular flexibility index (Phi) is 3.78. The second-order valence-electron chi connectivity index (χ2n) is 5.53. The number of halogens is 1. The molecule has 1 N–H and O–H groups in total. The average Bonchev–Trinajstić information content (AvgIpc) is 3.05. The van der Waals surface area contributed by atoms with E-state index in [2.05, 4.69) is 5.16 Å². The smallest absolute Gasteiger partial charge is 0.341 e. The van der Waals surface area contributed by atoms with Gasteiger partial charge in [0.25, 0.3) is 0 Å². The number of aliphatic carboxylic acids is 1. The molecule has 1 heterocycles. The first kappa shape index (κ1) is 15.5. The third-order valence-corrected chi connectivity index (χ3v) is 4.28. The van der Waals surface area contributed by atoms with Crippen molar-refractivity contribution in [3.63, 3.8) is 0 Å². The van der Waals surface area contributed by atoms with Crippen LogP contribution in [-0.2, 0) is 4.79 Å². The summed E-state index contributed by atoms with van der Waals surface area (Å²) in [6, 6.07) is 17.5. The molecule has 4 rings (SSSR count). The highest BCUT2D eigenvalue weighted by molar-refractivity contribution is 6.36. The third-order valence-electron chi connectivity index (χ3n) is 3.92. The Morgan fingerprint density at radius 2 is 1.92 bits per heavy atom. The highest BCUT2D eigenvalue weighted by Crippen LogP contribution is 2.38. The molecule has 5 nitrogen and oxygen atoms in total. The van der Waals surface area contributed by atoms with Gasteiger partial charge in [-0.3, -0.25) is 0 Å². The van der Waals surface area contributed by atoms with E-state index in [1.165, 1.54) is 0 Å². The third kappa shape index (κ3) is 2.79. The summed E-state index contributed by atoms with van der Waals surface area (Å²) in [6.45, 7) is -0.475. The van der Waals surface area contributed by atoms with Crippen LogP contribution in [0.5, 0.6) is 5.75 Å². The molecule has 124 valence electrons. The molecule has 0 atom stereocenters. The van der Waals surface area contributed by atoms with Crippen LogP contribution in [0, 0.1) is 0 Å². The number of rotatable bonds is 4. The predicted molar refractivity (Wildman–Crippen MR) is 95.1 cm³/mol. The molecule has 0 spiro atoms. The molecule has 6 heteroatoms. The zero-order chi connectivity index (χ0) is 17.4. The maximum absolute atomic E-state index is 10.6. The normalized spacial score (nSPS) is 11.1. The Bertz CT molecular complexity index is 1100. The van der Waals surface area contributed by atoms with Crippen LogP contribution < -0.4 is 4.74 Å². The van der Waals surface area contributed by atoms with Crippen molar-refractivity contribution in [2.75, 3.05) is 6.61 Å². The van der Waals surface area contributed by atoms with Crippen LogP contribution in [0.4, 0.5) is 0 Å². The van der Waals surface area contributed by atoms with Crippen LogP contribution in [-0.4, -0.2) is 22.8 Å². The summed E-state index contributed by atoms with van der Waals surface area (Å²) < 4.78 is 10.5. The van der Waals surface area contributed by atoms with Gasteiger partial charge in [0, 0.05) is 5.56 Å². The van der Waals surface area contributed by atoms with Crippen molar-refractivity contribution in [2.24, 2.45) is 0 Å². The van der Waals surface area contributed by atoms with E-state index in [1.807, 2.05) is 42.5 Å². The fourth-order valence-electron chi connectivity index (χ4n) is 2.75. The molecule has 25 heavy (non-hydrogen) atoms. The zero-order valence-corrected chi connectivity index (χ0v) is 13.7. The van der Waals surface area contributed by atoms with Gasteiger partial charge in [0.05, 0.1) is 5.39 Å². The van der Waals surface area contributed by atoms with E-state index in [4.69, 9.17) is 26.0 Å². The number of ether oxygens (including phenoxy) is 1. The van der Waals surface area contributed by atoms with Crippen LogP contribution in [0.2, 0.25) is 5.02 Å². The number of hydrogen-bond acceptors (Lipinski definition) is 4. The van der Waals surface area contributed by atoms with Crippen molar-refractivity contribution in [1.29, 1.82) is 0 Å². The molecule has 0 aliphatic heterocycles. The van der Waals surface area contributed by atoms with Gasteiger partial charge in [0.15, 0.2) is 12.2 Å². The lowest BCUT2D eigenvalue weighted by Gasteiger charge is -2.05. The van der Waals surface area contributed by atoms with Crippen LogP contribution in [0.25, 0.3) is 33.0 Å². The van der Waals surface area contributed by atoms with E-state index in [9.17, 15) is 4.79 Å². The number of fused-ring (bicyclic) bond motifs is 2. The monoisotopic (exact) mass is 353 g/mol. The number of hydrogen-bond donors (Lipinski definition) is 1. The Morgan fingerprint density at radius 3 is 2.72 bits per heavy atom. The standard InChI is InChI=1S/C19H12ClNO4/c20-17-15(24-10-16(22)23)8-7-14-18(21-25-19(14)17)13-6-5-11-3-1-2-4-12(11)9-13/h1-9H,10H2,(H,22,23). The van der Waals surface area contributed by atoms with Crippen LogP contribution in [0.1, 0.15) is 0 Å². The Labute approximate surface area is 147 Å². The van der Waals surface area contributed by atoms with Gasteiger partial charge in [-0.25, -0.2) is 4.79 Å². The maximum Gasteiger partial charge on any atom is 0.341 e. The molecule has 0 saturated carbocycles. The predicted octanol–water partition coefficient (Wildman–Crippen LogP) is 4.76. The average molecular weight is 354 g/mol. The molecular formula is C19H12ClNO4. The van der Waals surface area contributed by atoms with Crippen LogP contribution >= 0.6 is 11.6 Å². The largest absolute Gasteiger partial charge is 0.480 e. The van der Waals surface area contributed by atoms with E-state index in [1.54, 1.807) is 12.1 Å².